The highest BCUT2D eigenvalue weighted by molar-refractivity contribution is 7.80. The van der Waals surface area contributed by atoms with Crippen LogP contribution >= 0.6 is 12.2 Å². The van der Waals surface area contributed by atoms with Gasteiger partial charge in [-0.3, -0.25) is 0 Å². The van der Waals surface area contributed by atoms with Crippen LogP contribution in [0.3, 0.4) is 0 Å². The molecular weight excluding hydrogens is 260 g/mol. The van der Waals surface area contributed by atoms with Gasteiger partial charge in [0.25, 0.3) is 0 Å². The Morgan fingerprint density at radius 2 is 2.00 bits per heavy atom. The minimum atomic E-state index is 0.268. The van der Waals surface area contributed by atoms with Gasteiger partial charge in [-0.1, -0.05) is 18.3 Å². The first-order valence-corrected chi connectivity index (χ1v) is 6.26. The van der Waals surface area contributed by atoms with Crippen LogP contribution in [0.1, 0.15) is 12.6 Å². The molecule has 0 spiro atoms. The van der Waals surface area contributed by atoms with Crippen LogP contribution in [0.2, 0.25) is 0 Å². The molecule has 1 aromatic carbocycles. The van der Waals surface area contributed by atoms with Crippen LogP contribution in [0.15, 0.2) is 42.6 Å². The number of thiocarbonyl (C=S) groups is 1. The second kappa shape index (κ2) is 6.15. The van der Waals surface area contributed by atoms with Gasteiger partial charge in [-0.15, -0.1) is 0 Å². The van der Waals surface area contributed by atoms with Crippen LogP contribution in [-0.2, 0) is 0 Å². The highest BCUT2D eigenvalue weighted by Crippen LogP contribution is 2.24. The fourth-order valence-electron chi connectivity index (χ4n) is 1.52. The summed E-state index contributed by atoms with van der Waals surface area (Å²) < 4.78 is 11.1. The number of aromatic nitrogens is 1. The minimum Gasteiger partial charge on any atom is -0.494 e. The van der Waals surface area contributed by atoms with Gasteiger partial charge in [0.2, 0.25) is 0 Å². The van der Waals surface area contributed by atoms with Crippen molar-refractivity contribution in [2.24, 2.45) is 5.73 Å². The molecule has 0 saturated carbocycles. The van der Waals surface area contributed by atoms with Gasteiger partial charge < -0.3 is 15.2 Å². The van der Waals surface area contributed by atoms with E-state index in [2.05, 4.69) is 4.98 Å². The Kier molecular flexibility index (Phi) is 4.30. The lowest BCUT2D eigenvalue weighted by molar-refractivity contribution is 0.338. The van der Waals surface area contributed by atoms with Gasteiger partial charge in [-0.2, -0.15) is 0 Å². The van der Waals surface area contributed by atoms with E-state index in [9.17, 15) is 0 Å². The summed E-state index contributed by atoms with van der Waals surface area (Å²) in [7, 11) is 0. The predicted molar refractivity (Wildman–Crippen MR) is 77.8 cm³/mol. The van der Waals surface area contributed by atoms with E-state index in [0.717, 1.165) is 5.75 Å². The molecule has 1 aromatic heterocycles. The lowest BCUT2D eigenvalue weighted by Crippen LogP contribution is -2.10. The monoisotopic (exact) mass is 274 g/mol. The van der Waals surface area contributed by atoms with E-state index in [1.165, 1.54) is 0 Å². The molecule has 0 radical (unpaired) electrons. The van der Waals surface area contributed by atoms with Gasteiger partial charge in [-0.25, -0.2) is 4.98 Å². The molecule has 0 saturated heterocycles. The average Bonchev–Trinajstić information content (AvgIpc) is 2.40. The quantitative estimate of drug-likeness (QED) is 0.850. The van der Waals surface area contributed by atoms with Crippen LogP contribution in [0.5, 0.6) is 17.2 Å². The fourth-order valence-corrected chi connectivity index (χ4v) is 1.64. The molecule has 0 aliphatic rings. The highest BCUT2D eigenvalue weighted by Gasteiger charge is 2.02. The molecule has 2 rings (SSSR count). The zero-order valence-corrected chi connectivity index (χ0v) is 11.3. The molecule has 0 bridgehead atoms. The SMILES string of the molecule is CCOc1cccc(Oc2ccc(C(N)=S)nc2)c1. The third-order valence-electron chi connectivity index (χ3n) is 2.34. The Labute approximate surface area is 117 Å². The van der Waals surface area contributed by atoms with Crippen molar-refractivity contribution in [3.63, 3.8) is 0 Å². The molecule has 0 aliphatic carbocycles. The summed E-state index contributed by atoms with van der Waals surface area (Å²) in [5.74, 6) is 2.08. The van der Waals surface area contributed by atoms with E-state index in [1.807, 2.05) is 31.2 Å². The average molecular weight is 274 g/mol. The van der Waals surface area contributed by atoms with E-state index >= 15 is 0 Å². The second-order valence-corrected chi connectivity index (χ2v) is 4.19. The number of benzene rings is 1. The number of hydrogen-bond acceptors (Lipinski definition) is 4. The Hall–Kier alpha value is -2.14. The van der Waals surface area contributed by atoms with Crippen molar-refractivity contribution in [3.05, 3.63) is 48.3 Å². The topological polar surface area (TPSA) is 57.4 Å². The van der Waals surface area contributed by atoms with Gasteiger partial charge in [0.1, 0.15) is 22.2 Å². The highest BCUT2D eigenvalue weighted by atomic mass is 32.1. The zero-order chi connectivity index (χ0) is 13.7. The van der Waals surface area contributed by atoms with Crippen LogP contribution in [0.25, 0.3) is 0 Å². The van der Waals surface area contributed by atoms with Crippen molar-refractivity contribution < 1.29 is 9.47 Å². The van der Waals surface area contributed by atoms with Gasteiger partial charge >= 0.3 is 0 Å². The molecule has 98 valence electrons. The van der Waals surface area contributed by atoms with Crippen molar-refractivity contribution in [2.45, 2.75) is 6.92 Å². The molecule has 0 atom stereocenters. The Bertz CT molecular complexity index is 570. The van der Waals surface area contributed by atoms with Crippen LogP contribution in [-0.4, -0.2) is 16.6 Å². The maximum Gasteiger partial charge on any atom is 0.145 e. The smallest absolute Gasteiger partial charge is 0.145 e. The molecule has 4 nitrogen and oxygen atoms in total. The number of rotatable bonds is 5. The van der Waals surface area contributed by atoms with E-state index in [-0.39, 0.29) is 4.99 Å². The van der Waals surface area contributed by atoms with E-state index in [0.29, 0.717) is 23.8 Å². The van der Waals surface area contributed by atoms with Crippen molar-refractivity contribution in [3.8, 4) is 17.2 Å². The largest absolute Gasteiger partial charge is 0.494 e. The van der Waals surface area contributed by atoms with Gasteiger partial charge in [0, 0.05) is 6.07 Å². The third kappa shape index (κ3) is 3.66. The Balaban J connectivity index is 2.12. The number of pyridine rings is 1. The summed E-state index contributed by atoms with van der Waals surface area (Å²) in [4.78, 5) is 4.38. The molecule has 0 unspecified atom stereocenters. The number of nitrogens with zero attached hydrogens (tertiary/aromatic N) is 1. The van der Waals surface area contributed by atoms with Crippen molar-refractivity contribution in [2.75, 3.05) is 6.61 Å². The lowest BCUT2D eigenvalue weighted by Gasteiger charge is -2.08. The number of ether oxygens (including phenoxy) is 2. The van der Waals surface area contributed by atoms with Crippen molar-refractivity contribution in [1.29, 1.82) is 0 Å². The van der Waals surface area contributed by atoms with Gasteiger partial charge in [0.05, 0.1) is 18.5 Å². The molecule has 1 heterocycles. The fraction of sp³-hybridized carbons (Fsp3) is 0.143. The maximum atomic E-state index is 5.67. The summed E-state index contributed by atoms with van der Waals surface area (Å²) >= 11 is 4.84. The summed E-state index contributed by atoms with van der Waals surface area (Å²) in [5, 5.41) is 0. The standard InChI is InChI=1S/C14H14N2O2S/c1-2-17-10-4-3-5-11(8-10)18-12-6-7-13(14(15)19)16-9-12/h3-9H,2H2,1H3,(H2,15,19). The second-order valence-electron chi connectivity index (χ2n) is 3.75. The molecule has 2 aromatic rings. The van der Waals surface area contributed by atoms with Crippen LogP contribution < -0.4 is 15.2 Å². The number of hydrogen-bond donors (Lipinski definition) is 1. The first kappa shape index (κ1) is 13.3. The van der Waals surface area contributed by atoms with E-state index in [4.69, 9.17) is 27.4 Å². The molecule has 2 N–H and O–H groups in total. The summed E-state index contributed by atoms with van der Waals surface area (Å²) in [5.41, 5.74) is 6.06. The van der Waals surface area contributed by atoms with Crippen LogP contribution in [0.4, 0.5) is 0 Å². The molecule has 5 heteroatoms. The molecular formula is C14H14N2O2S. The first-order chi connectivity index (χ1) is 9.19. The molecule has 0 aliphatic heterocycles. The predicted octanol–water partition coefficient (Wildman–Crippen LogP) is 2.91. The normalized spacial score (nSPS) is 9.95. The van der Waals surface area contributed by atoms with E-state index < -0.39 is 0 Å². The van der Waals surface area contributed by atoms with Crippen molar-refractivity contribution >= 4 is 17.2 Å². The maximum absolute atomic E-state index is 5.67. The first-order valence-electron chi connectivity index (χ1n) is 5.85. The summed E-state index contributed by atoms with van der Waals surface area (Å²) in [6.07, 6.45) is 1.59. The van der Waals surface area contributed by atoms with Crippen LogP contribution in [0, 0.1) is 0 Å². The van der Waals surface area contributed by atoms with Crippen molar-refractivity contribution in [1.82, 2.24) is 4.98 Å². The summed E-state index contributed by atoms with van der Waals surface area (Å²) in [6.45, 7) is 2.56. The molecule has 0 fully saturated rings. The molecule has 19 heavy (non-hydrogen) atoms. The lowest BCUT2D eigenvalue weighted by atomic mass is 10.3. The minimum absolute atomic E-state index is 0.268. The summed E-state index contributed by atoms with van der Waals surface area (Å²) in [6, 6.07) is 10.9. The van der Waals surface area contributed by atoms with Gasteiger partial charge in [-0.05, 0) is 31.2 Å². The van der Waals surface area contributed by atoms with E-state index in [1.54, 1.807) is 18.3 Å². The zero-order valence-electron chi connectivity index (χ0n) is 10.5. The third-order valence-corrected chi connectivity index (χ3v) is 2.55. The number of nitrogens with two attached hydrogens (primary N) is 1. The Morgan fingerprint density at radius 1 is 1.21 bits per heavy atom. The Morgan fingerprint density at radius 3 is 2.63 bits per heavy atom. The van der Waals surface area contributed by atoms with Gasteiger partial charge in [0.15, 0.2) is 0 Å². The molecule has 0 amide bonds.